The van der Waals surface area contributed by atoms with Crippen molar-refractivity contribution in [3.63, 3.8) is 0 Å². The van der Waals surface area contributed by atoms with E-state index in [1.807, 2.05) is 0 Å². The fraction of sp³-hybridized carbons (Fsp3) is 0.750. The predicted octanol–water partition coefficient (Wildman–Crippen LogP) is -0.566. The molecule has 0 spiro atoms. The number of hydrogen-bond donors (Lipinski definition) is 4. The summed E-state index contributed by atoms with van der Waals surface area (Å²) in [5.41, 5.74) is -2.97. The maximum Gasteiger partial charge on any atom is 0.347 e. The molecular weight excluding hydrogens is 320 g/mol. The van der Waals surface area contributed by atoms with Gasteiger partial charge in [-0.25, -0.2) is 4.79 Å². The number of carboxylic acid groups (broad SMARTS) is 2. The van der Waals surface area contributed by atoms with Gasteiger partial charge in [0.25, 0.3) is 20.2 Å². The Morgan fingerprint density at radius 1 is 0.850 bits per heavy atom. The average molecular weight is 334 g/mol. The number of rotatable bonds is 7. The third kappa shape index (κ3) is 2.17. The number of hydrogen-bond acceptors (Lipinski definition) is 6. The average Bonchev–Trinajstić information content (AvgIpc) is 2.20. The standard InChI is InChI=1S/C8H14O10S2/c1-3-7(4-2,5(9)10)8(6(11)12,19(13,14)15)20(16,17)18/h3-4H2,1-2H3,(H,9,10)(H,11,12)(H,13,14,15)(H,16,17,18). The van der Waals surface area contributed by atoms with Gasteiger partial charge in [-0.05, 0) is 12.8 Å². The van der Waals surface area contributed by atoms with Gasteiger partial charge in [-0.2, -0.15) is 16.8 Å². The van der Waals surface area contributed by atoms with Crippen LogP contribution in [0.15, 0.2) is 0 Å². The molecule has 10 nitrogen and oxygen atoms in total. The lowest BCUT2D eigenvalue weighted by Crippen LogP contribution is -2.66. The van der Waals surface area contributed by atoms with Crippen molar-refractivity contribution in [2.24, 2.45) is 5.41 Å². The monoisotopic (exact) mass is 334 g/mol. The summed E-state index contributed by atoms with van der Waals surface area (Å²) in [5.74, 6) is -4.80. The van der Waals surface area contributed by atoms with Gasteiger partial charge in [0, 0.05) is 0 Å². The summed E-state index contributed by atoms with van der Waals surface area (Å²) in [6, 6.07) is 0. The zero-order valence-corrected chi connectivity index (χ0v) is 12.1. The molecule has 0 unspecified atom stereocenters. The highest BCUT2D eigenvalue weighted by atomic mass is 32.3. The topological polar surface area (TPSA) is 183 Å². The molecule has 0 aliphatic carbocycles. The molecule has 0 aromatic heterocycles. The van der Waals surface area contributed by atoms with Crippen molar-refractivity contribution in [1.82, 2.24) is 0 Å². The van der Waals surface area contributed by atoms with Gasteiger partial charge < -0.3 is 10.2 Å². The summed E-state index contributed by atoms with van der Waals surface area (Å²) in [4.78, 5) is 22.6. The van der Waals surface area contributed by atoms with E-state index in [-0.39, 0.29) is 0 Å². The van der Waals surface area contributed by atoms with Crippen LogP contribution in [0, 0.1) is 5.41 Å². The lowest BCUT2D eigenvalue weighted by Gasteiger charge is -2.38. The number of aliphatic carboxylic acids is 2. The summed E-state index contributed by atoms with van der Waals surface area (Å²) < 4.78 is 59.4. The van der Waals surface area contributed by atoms with Crippen molar-refractivity contribution >= 4 is 32.2 Å². The van der Waals surface area contributed by atoms with Crippen LogP contribution in [0.4, 0.5) is 0 Å². The quantitative estimate of drug-likeness (QED) is 0.440. The molecule has 0 saturated heterocycles. The molecule has 118 valence electrons. The molecular formula is C8H14O10S2. The van der Waals surface area contributed by atoms with E-state index in [1.54, 1.807) is 0 Å². The Morgan fingerprint density at radius 2 is 1.15 bits per heavy atom. The molecule has 0 aromatic rings. The second kappa shape index (κ2) is 5.27. The van der Waals surface area contributed by atoms with Gasteiger partial charge >= 0.3 is 16.0 Å². The molecule has 0 aliphatic heterocycles. The SMILES string of the molecule is CCC(CC)(C(=O)O)C(C(=O)O)(S(=O)(=O)O)S(=O)(=O)O. The van der Waals surface area contributed by atoms with Crippen molar-refractivity contribution in [3.8, 4) is 0 Å². The van der Waals surface area contributed by atoms with Crippen LogP contribution in [-0.2, 0) is 29.8 Å². The van der Waals surface area contributed by atoms with Crippen LogP contribution in [0.3, 0.4) is 0 Å². The third-order valence-electron chi connectivity index (χ3n) is 3.25. The van der Waals surface area contributed by atoms with Crippen LogP contribution in [0.2, 0.25) is 0 Å². The van der Waals surface area contributed by atoms with Gasteiger partial charge in [0.05, 0.1) is 0 Å². The van der Waals surface area contributed by atoms with Gasteiger partial charge in [0.1, 0.15) is 5.41 Å². The van der Waals surface area contributed by atoms with Crippen molar-refractivity contribution in [2.75, 3.05) is 0 Å². The number of carboxylic acids is 2. The second-order valence-corrected chi connectivity index (χ2v) is 7.35. The minimum atomic E-state index is -6.03. The van der Waals surface area contributed by atoms with E-state index in [2.05, 4.69) is 0 Å². The first-order valence-corrected chi connectivity index (χ1v) is 8.05. The third-order valence-corrected chi connectivity index (χ3v) is 7.10. The van der Waals surface area contributed by atoms with E-state index >= 15 is 0 Å². The molecule has 0 radical (unpaired) electrons. The molecule has 0 bridgehead atoms. The van der Waals surface area contributed by atoms with Gasteiger partial charge in [0.2, 0.25) is 0 Å². The Kier molecular flexibility index (Phi) is 4.95. The first-order valence-electron chi connectivity index (χ1n) is 5.17. The van der Waals surface area contributed by atoms with Crippen molar-refractivity contribution < 1.29 is 45.7 Å². The first-order chi connectivity index (χ1) is 8.76. The maximum absolute atomic E-state index is 11.4. The van der Waals surface area contributed by atoms with Crippen LogP contribution in [0.1, 0.15) is 26.7 Å². The van der Waals surface area contributed by atoms with E-state index in [9.17, 15) is 26.4 Å². The molecule has 0 saturated carbocycles. The van der Waals surface area contributed by atoms with Gasteiger partial charge in [-0.15, -0.1) is 0 Å². The summed E-state index contributed by atoms with van der Waals surface area (Å²) in [5, 5.41) is 18.1. The fourth-order valence-electron chi connectivity index (χ4n) is 2.21. The highest BCUT2D eigenvalue weighted by Crippen LogP contribution is 2.47. The molecule has 12 heteroatoms. The maximum atomic E-state index is 11.4. The van der Waals surface area contributed by atoms with E-state index in [1.165, 1.54) is 0 Å². The fourth-order valence-corrected chi connectivity index (χ4v) is 5.46. The second-order valence-electron chi connectivity index (χ2n) is 3.97. The lowest BCUT2D eigenvalue weighted by molar-refractivity contribution is -0.157. The Balaban J connectivity index is 7.25. The summed E-state index contributed by atoms with van der Waals surface area (Å²) in [6.07, 6.45) is -1.57. The van der Waals surface area contributed by atoms with Gasteiger partial charge in [-0.1, -0.05) is 13.8 Å². The highest BCUT2D eigenvalue weighted by Gasteiger charge is 2.76. The Morgan fingerprint density at radius 3 is 1.20 bits per heavy atom. The van der Waals surface area contributed by atoms with Crippen LogP contribution >= 0.6 is 0 Å². The van der Waals surface area contributed by atoms with Gasteiger partial charge in [-0.3, -0.25) is 13.9 Å². The lowest BCUT2D eigenvalue weighted by atomic mass is 9.78. The largest absolute Gasteiger partial charge is 0.481 e. The summed E-state index contributed by atoms with van der Waals surface area (Å²) in [6.45, 7) is 2.04. The first kappa shape index (κ1) is 18.8. The molecule has 20 heavy (non-hydrogen) atoms. The highest BCUT2D eigenvalue weighted by molar-refractivity contribution is 8.06. The van der Waals surface area contributed by atoms with Gasteiger partial charge in [0.15, 0.2) is 0 Å². The predicted molar refractivity (Wildman–Crippen MR) is 64.1 cm³/mol. The Bertz CT molecular complexity index is 578. The van der Waals surface area contributed by atoms with Crippen LogP contribution in [0.25, 0.3) is 0 Å². The van der Waals surface area contributed by atoms with E-state index in [4.69, 9.17) is 19.3 Å². The number of carbonyl (C=O) groups is 2. The molecule has 0 atom stereocenters. The molecule has 0 aliphatic rings. The van der Waals surface area contributed by atoms with Crippen LogP contribution in [-0.4, -0.2) is 52.2 Å². The molecule has 0 fully saturated rings. The van der Waals surface area contributed by atoms with E-state index < -0.39 is 54.5 Å². The molecule has 0 heterocycles. The van der Waals surface area contributed by atoms with Crippen LogP contribution in [0.5, 0.6) is 0 Å². The smallest absolute Gasteiger partial charge is 0.347 e. The molecule has 0 amide bonds. The Hall–Kier alpha value is -1.24. The molecule has 0 aromatic carbocycles. The normalized spacial score (nSPS) is 14.0. The van der Waals surface area contributed by atoms with Crippen molar-refractivity contribution in [3.05, 3.63) is 0 Å². The minimum Gasteiger partial charge on any atom is -0.481 e. The van der Waals surface area contributed by atoms with E-state index in [0.29, 0.717) is 0 Å². The molecule has 0 rings (SSSR count). The summed E-state index contributed by atoms with van der Waals surface area (Å²) in [7, 11) is -12.1. The van der Waals surface area contributed by atoms with Crippen molar-refractivity contribution in [1.29, 1.82) is 0 Å². The van der Waals surface area contributed by atoms with E-state index in [0.717, 1.165) is 13.8 Å². The summed E-state index contributed by atoms with van der Waals surface area (Å²) >= 11 is 0. The molecule has 4 N–H and O–H groups in total. The van der Waals surface area contributed by atoms with Crippen LogP contribution < -0.4 is 0 Å². The zero-order chi connectivity index (χ0) is 16.6. The van der Waals surface area contributed by atoms with Crippen molar-refractivity contribution in [2.45, 2.75) is 30.8 Å². The minimum absolute atomic E-state index is 0.787. The Labute approximate surface area is 114 Å². The zero-order valence-electron chi connectivity index (χ0n) is 10.5.